The van der Waals surface area contributed by atoms with Gasteiger partial charge >= 0.3 is 0 Å². The molecule has 1 fully saturated rings. The zero-order chi connectivity index (χ0) is 13.2. The topological polar surface area (TPSA) is 17.1 Å². The highest BCUT2D eigenvalue weighted by Crippen LogP contribution is 2.48. The smallest absolute Gasteiger partial charge is 0.140 e. The van der Waals surface area contributed by atoms with E-state index in [4.69, 9.17) is 0 Å². The summed E-state index contributed by atoms with van der Waals surface area (Å²) in [6.07, 6.45) is 1.58. The van der Waals surface area contributed by atoms with Crippen molar-refractivity contribution in [2.45, 2.75) is 18.8 Å². The van der Waals surface area contributed by atoms with Gasteiger partial charge in [0.25, 0.3) is 0 Å². The van der Waals surface area contributed by atoms with E-state index in [1.807, 2.05) is 42.5 Å². The standard InChI is InChI=1S/C17H15BrO/c18-14-8-6-13(7-9-14)15-11-16(15)17(19)10-12-4-2-1-3-5-12/h1-9,15-16H,10-11H2/t15-,16+/m1/s1. The average Bonchev–Trinajstić information content (AvgIpc) is 3.21. The molecule has 0 unspecified atom stereocenters. The van der Waals surface area contributed by atoms with Crippen LogP contribution < -0.4 is 0 Å². The molecule has 1 nitrogen and oxygen atoms in total. The highest BCUT2D eigenvalue weighted by atomic mass is 79.9. The van der Waals surface area contributed by atoms with Crippen molar-refractivity contribution in [2.75, 3.05) is 0 Å². The van der Waals surface area contributed by atoms with Gasteiger partial charge in [0.2, 0.25) is 0 Å². The number of Topliss-reactive ketones (excluding diaryl/α,β-unsaturated/α-hetero) is 1. The monoisotopic (exact) mass is 314 g/mol. The Bertz CT molecular complexity index is 574. The van der Waals surface area contributed by atoms with Crippen molar-refractivity contribution in [2.24, 2.45) is 5.92 Å². The van der Waals surface area contributed by atoms with Crippen molar-refractivity contribution in [3.05, 3.63) is 70.2 Å². The maximum absolute atomic E-state index is 12.2. The Hall–Kier alpha value is -1.41. The van der Waals surface area contributed by atoms with Gasteiger partial charge in [-0.15, -0.1) is 0 Å². The number of hydrogen-bond acceptors (Lipinski definition) is 1. The quantitative estimate of drug-likeness (QED) is 0.819. The second-order valence-electron chi connectivity index (χ2n) is 5.13. The molecule has 0 radical (unpaired) electrons. The second kappa shape index (κ2) is 5.30. The first-order valence-corrected chi connectivity index (χ1v) is 7.35. The molecule has 1 saturated carbocycles. The first kappa shape index (κ1) is 12.6. The van der Waals surface area contributed by atoms with Crippen molar-refractivity contribution >= 4 is 21.7 Å². The first-order chi connectivity index (χ1) is 9.24. The summed E-state index contributed by atoms with van der Waals surface area (Å²) in [5.74, 6) is 1.03. The molecule has 2 aromatic carbocycles. The number of hydrogen-bond donors (Lipinski definition) is 0. The number of carbonyl (C=O) groups is 1. The van der Waals surface area contributed by atoms with Crippen LogP contribution in [0.1, 0.15) is 23.5 Å². The summed E-state index contributed by atoms with van der Waals surface area (Å²) in [4.78, 5) is 12.2. The minimum absolute atomic E-state index is 0.224. The van der Waals surface area contributed by atoms with E-state index in [1.165, 1.54) is 5.56 Å². The van der Waals surface area contributed by atoms with Gasteiger partial charge in [0, 0.05) is 16.8 Å². The van der Waals surface area contributed by atoms with Gasteiger partial charge in [0.05, 0.1) is 0 Å². The lowest BCUT2D eigenvalue weighted by Crippen LogP contribution is -2.06. The Morgan fingerprint density at radius 1 is 1.05 bits per heavy atom. The van der Waals surface area contributed by atoms with E-state index in [-0.39, 0.29) is 5.92 Å². The van der Waals surface area contributed by atoms with E-state index >= 15 is 0 Å². The molecule has 1 aliphatic carbocycles. The van der Waals surface area contributed by atoms with Crippen molar-refractivity contribution < 1.29 is 4.79 Å². The van der Waals surface area contributed by atoms with Crippen LogP contribution in [0.2, 0.25) is 0 Å². The van der Waals surface area contributed by atoms with Crippen LogP contribution in [0.5, 0.6) is 0 Å². The zero-order valence-corrected chi connectivity index (χ0v) is 12.1. The molecular weight excluding hydrogens is 300 g/mol. The molecule has 3 rings (SSSR count). The van der Waals surface area contributed by atoms with Crippen molar-refractivity contribution in [1.82, 2.24) is 0 Å². The van der Waals surface area contributed by atoms with Crippen LogP contribution in [0.4, 0.5) is 0 Å². The highest BCUT2D eigenvalue weighted by molar-refractivity contribution is 9.10. The van der Waals surface area contributed by atoms with Gasteiger partial charge in [-0.3, -0.25) is 4.79 Å². The molecule has 0 saturated heterocycles. The van der Waals surface area contributed by atoms with E-state index in [0.29, 0.717) is 18.1 Å². The molecule has 0 amide bonds. The summed E-state index contributed by atoms with van der Waals surface area (Å²) in [6.45, 7) is 0. The fraction of sp³-hybridized carbons (Fsp3) is 0.235. The number of halogens is 1. The first-order valence-electron chi connectivity index (χ1n) is 6.56. The van der Waals surface area contributed by atoms with Crippen molar-refractivity contribution in [1.29, 1.82) is 0 Å². The summed E-state index contributed by atoms with van der Waals surface area (Å²) < 4.78 is 1.09. The summed E-state index contributed by atoms with van der Waals surface area (Å²) >= 11 is 3.44. The Balaban J connectivity index is 1.63. The molecular formula is C17H15BrO. The number of carbonyl (C=O) groups excluding carboxylic acids is 1. The molecule has 0 heterocycles. The molecule has 0 aromatic heterocycles. The predicted octanol–water partition coefficient (Wildman–Crippen LogP) is 4.36. The molecule has 0 bridgehead atoms. The Morgan fingerprint density at radius 2 is 1.74 bits per heavy atom. The van der Waals surface area contributed by atoms with E-state index in [2.05, 4.69) is 28.1 Å². The minimum Gasteiger partial charge on any atom is -0.299 e. The Morgan fingerprint density at radius 3 is 2.42 bits per heavy atom. The van der Waals surface area contributed by atoms with Gasteiger partial charge in [-0.05, 0) is 35.6 Å². The molecule has 0 aliphatic heterocycles. The van der Waals surface area contributed by atoms with Gasteiger partial charge < -0.3 is 0 Å². The van der Waals surface area contributed by atoms with Crippen LogP contribution in [0, 0.1) is 5.92 Å². The summed E-state index contributed by atoms with van der Waals surface area (Å²) in [6, 6.07) is 18.3. The SMILES string of the molecule is O=C(Cc1ccccc1)[C@H]1C[C@@H]1c1ccc(Br)cc1. The summed E-state index contributed by atoms with van der Waals surface area (Å²) in [5.41, 5.74) is 2.41. The van der Waals surface area contributed by atoms with E-state index < -0.39 is 0 Å². The van der Waals surface area contributed by atoms with Crippen LogP contribution in [0.25, 0.3) is 0 Å². The lowest BCUT2D eigenvalue weighted by atomic mass is 10.0. The molecule has 2 aromatic rings. The van der Waals surface area contributed by atoms with Crippen LogP contribution in [0.15, 0.2) is 59.1 Å². The third-order valence-corrected chi connectivity index (χ3v) is 4.25. The van der Waals surface area contributed by atoms with Gasteiger partial charge in [-0.25, -0.2) is 0 Å². The van der Waals surface area contributed by atoms with Gasteiger partial charge in [-0.2, -0.15) is 0 Å². The molecule has 1 aliphatic rings. The number of ketones is 1. The fourth-order valence-corrected chi connectivity index (χ4v) is 2.82. The fourth-order valence-electron chi connectivity index (χ4n) is 2.56. The average molecular weight is 315 g/mol. The largest absolute Gasteiger partial charge is 0.299 e. The highest BCUT2D eigenvalue weighted by Gasteiger charge is 2.43. The third kappa shape index (κ3) is 2.95. The summed E-state index contributed by atoms with van der Waals surface area (Å²) in [7, 11) is 0. The molecule has 19 heavy (non-hydrogen) atoms. The Labute approximate surface area is 121 Å². The maximum atomic E-state index is 12.2. The third-order valence-electron chi connectivity index (χ3n) is 3.72. The minimum atomic E-state index is 0.224. The van der Waals surface area contributed by atoms with Crippen LogP contribution in [-0.4, -0.2) is 5.78 Å². The van der Waals surface area contributed by atoms with E-state index in [9.17, 15) is 4.79 Å². The molecule has 96 valence electrons. The van der Waals surface area contributed by atoms with Crippen molar-refractivity contribution in [3.8, 4) is 0 Å². The maximum Gasteiger partial charge on any atom is 0.140 e. The molecule has 0 spiro atoms. The summed E-state index contributed by atoms with van der Waals surface area (Å²) in [5, 5.41) is 0. The number of benzene rings is 2. The second-order valence-corrected chi connectivity index (χ2v) is 6.04. The molecule has 0 N–H and O–H groups in total. The van der Waals surface area contributed by atoms with Crippen LogP contribution in [-0.2, 0) is 11.2 Å². The van der Waals surface area contributed by atoms with Gasteiger partial charge in [-0.1, -0.05) is 58.4 Å². The molecule has 2 atom stereocenters. The number of rotatable bonds is 4. The van der Waals surface area contributed by atoms with Crippen LogP contribution >= 0.6 is 15.9 Å². The predicted molar refractivity (Wildman–Crippen MR) is 80.1 cm³/mol. The van der Waals surface area contributed by atoms with Gasteiger partial charge in [0.15, 0.2) is 0 Å². The lowest BCUT2D eigenvalue weighted by Gasteiger charge is -2.02. The van der Waals surface area contributed by atoms with E-state index in [1.54, 1.807) is 0 Å². The zero-order valence-electron chi connectivity index (χ0n) is 10.6. The van der Waals surface area contributed by atoms with Crippen LogP contribution in [0.3, 0.4) is 0 Å². The Kier molecular flexibility index (Phi) is 3.52. The van der Waals surface area contributed by atoms with Crippen molar-refractivity contribution in [3.63, 3.8) is 0 Å². The normalized spacial score (nSPS) is 21.1. The van der Waals surface area contributed by atoms with Gasteiger partial charge in [0.1, 0.15) is 5.78 Å². The molecule has 2 heteroatoms. The lowest BCUT2D eigenvalue weighted by molar-refractivity contribution is -0.119. The van der Waals surface area contributed by atoms with E-state index in [0.717, 1.165) is 16.5 Å².